The lowest BCUT2D eigenvalue weighted by atomic mass is 9.90. The zero-order valence-corrected chi connectivity index (χ0v) is 11.4. The van der Waals surface area contributed by atoms with Crippen LogP contribution in [-0.2, 0) is 0 Å². The van der Waals surface area contributed by atoms with Crippen LogP contribution < -0.4 is 5.73 Å². The summed E-state index contributed by atoms with van der Waals surface area (Å²) >= 11 is 0. The van der Waals surface area contributed by atoms with Crippen molar-refractivity contribution in [2.75, 3.05) is 7.05 Å². The molecule has 2 atom stereocenters. The van der Waals surface area contributed by atoms with Gasteiger partial charge in [-0.3, -0.25) is 4.90 Å². The van der Waals surface area contributed by atoms with E-state index in [0.29, 0.717) is 12.1 Å². The second-order valence-electron chi connectivity index (χ2n) is 5.36. The van der Waals surface area contributed by atoms with Gasteiger partial charge in [-0.1, -0.05) is 39.5 Å². The largest absolute Gasteiger partial charge is 0.326 e. The first-order valence-electron chi connectivity index (χ1n) is 7.18. The third kappa shape index (κ3) is 3.74. The first-order chi connectivity index (χ1) is 7.70. The molecule has 0 aromatic heterocycles. The normalized spacial score (nSPS) is 28.1. The van der Waals surface area contributed by atoms with Crippen LogP contribution in [0.25, 0.3) is 0 Å². The van der Waals surface area contributed by atoms with Crippen LogP contribution in [0.4, 0.5) is 0 Å². The average Bonchev–Trinajstić information content (AvgIpc) is 2.25. The molecule has 1 aliphatic carbocycles. The smallest absolute Gasteiger partial charge is 0.0247 e. The monoisotopic (exact) mass is 226 g/mol. The van der Waals surface area contributed by atoms with Crippen molar-refractivity contribution in [2.45, 2.75) is 83.3 Å². The van der Waals surface area contributed by atoms with Gasteiger partial charge in [0.05, 0.1) is 0 Å². The van der Waals surface area contributed by atoms with Crippen LogP contribution in [0.5, 0.6) is 0 Å². The highest BCUT2D eigenvalue weighted by Crippen LogP contribution is 2.22. The van der Waals surface area contributed by atoms with Crippen LogP contribution in [-0.4, -0.2) is 30.1 Å². The Bertz CT molecular complexity index is 178. The van der Waals surface area contributed by atoms with Crippen molar-refractivity contribution >= 4 is 0 Å². The van der Waals surface area contributed by atoms with E-state index >= 15 is 0 Å². The molecule has 1 saturated carbocycles. The first kappa shape index (κ1) is 14.0. The highest BCUT2D eigenvalue weighted by Gasteiger charge is 2.26. The Kier molecular flexibility index (Phi) is 6.37. The molecule has 0 bridgehead atoms. The predicted octanol–water partition coefficient (Wildman–Crippen LogP) is 3.16. The van der Waals surface area contributed by atoms with E-state index in [1.54, 1.807) is 0 Å². The maximum atomic E-state index is 6.35. The maximum absolute atomic E-state index is 6.35. The molecule has 0 aliphatic heterocycles. The topological polar surface area (TPSA) is 29.3 Å². The van der Waals surface area contributed by atoms with Crippen molar-refractivity contribution in [1.82, 2.24) is 4.90 Å². The third-order valence-corrected chi connectivity index (χ3v) is 4.32. The van der Waals surface area contributed by atoms with Gasteiger partial charge in [0.25, 0.3) is 0 Å². The van der Waals surface area contributed by atoms with Gasteiger partial charge >= 0.3 is 0 Å². The molecule has 1 rings (SSSR count). The highest BCUT2D eigenvalue weighted by molar-refractivity contribution is 4.85. The van der Waals surface area contributed by atoms with Crippen LogP contribution in [0.1, 0.15) is 65.2 Å². The standard InChI is InChI=1S/C14H30N2/c1-4-12(5-2)16(3)14-11-9-7-6-8-10-13(14)15/h12-14H,4-11,15H2,1-3H3. The van der Waals surface area contributed by atoms with E-state index in [1.807, 2.05) is 0 Å². The first-order valence-corrected chi connectivity index (χ1v) is 7.18. The minimum absolute atomic E-state index is 0.394. The van der Waals surface area contributed by atoms with E-state index in [1.165, 1.54) is 51.4 Å². The van der Waals surface area contributed by atoms with Gasteiger partial charge in [0.2, 0.25) is 0 Å². The SMILES string of the molecule is CCC(CC)N(C)C1CCCCCCC1N. The number of hydrogen-bond donors (Lipinski definition) is 1. The summed E-state index contributed by atoms with van der Waals surface area (Å²) in [7, 11) is 2.28. The van der Waals surface area contributed by atoms with Crippen molar-refractivity contribution in [1.29, 1.82) is 0 Å². The Morgan fingerprint density at radius 3 is 2.19 bits per heavy atom. The summed E-state index contributed by atoms with van der Waals surface area (Å²) in [5, 5.41) is 0. The fraction of sp³-hybridized carbons (Fsp3) is 1.00. The van der Waals surface area contributed by atoms with E-state index in [4.69, 9.17) is 5.73 Å². The number of hydrogen-bond acceptors (Lipinski definition) is 2. The van der Waals surface area contributed by atoms with Gasteiger partial charge in [-0.15, -0.1) is 0 Å². The van der Waals surface area contributed by atoms with E-state index in [0.717, 1.165) is 6.04 Å². The molecule has 96 valence electrons. The molecule has 0 amide bonds. The Morgan fingerprint density at radius 1 is 1.06 bits per heavy atom. The van der Waals surface area contributed by atoms with Gasteiger partial charge < -0.3 is 5.73 Å². The van der Waals surface area contributed by atoms with E-state index in [2.05, 4.69) is 25.8 Å². The minimum atomic E-state index is 0.394. The van der Waals surface area contributed by atoms with Crippen LogP contribution >= 0.6 is 0 Å². The zero-order valence-electron chi connectivity index (χ0n) is 11.4. The molecule has 0 heterocycles. The maximum Gasteiger partial charge on any atom is 0.0247 e. The lowest BCUT2D eigenvalue weighted by molar-refractivity contribution is 0.124. The molecule has 0 radical (unpaired) electrons. The Hall–Kier alpha value is -0.0800. The Labute approximate surface area is 102 Å². The Balaban J connectivity index is 2.58. The fourth-order valence-electron chi connectivity index (χ4n) is 3.13. The fourth-order valence-corrected chi connectivity index (χ4v) is 3.13. The molecule has 0 aromatic rings. The number of nitrogens with zero attached hydrogens (tertiary/aromatic N) is 1. The average molecular weight is 226 g/mol. The van der Waals surface area contributed by atoms with Crippen molar-refractivity contribution in [3.05, 3.63) is 0 Å². The number of nitrogens with two attached hydrogens (primary N) is 1. The van der Waals surface area contributed by atoms with Gasteiger partial charge in [-0.2, -0.15) is 0 Å². The summed E-state index contributed by atoms with van der Waals surface area (Å²) in [6.45, 7) is 4.58. The molecule has 2 nitrogen and oxygen atoms in total. The molecule has 0 spiro atoms. The lowest BCUT2D eigenvalue weighted by Crippen LogP contribution is -2.50. The predicted molar refractivity (Wildman–Crippen MR) is 71.6 cm³/mol. The second-order valence-corrected chi connectivity index (χ2v) is 5.36. The molecule has 1 fully saturated rings. The molecule has 0 aromatic carbocycles. The molecule has 1 aliphatic rings. The van der Waals surface area contributed by atoms with Crippen molar-refractivity contribution < 1.29 is 0 Å². The summed E-state index contributed by atoms with van der Waals surface area (Å²) in [5.41, 5.74) is 6.35. The summed E-state index contributed by atoms with van der Waals surface area (Å²) < 4.78 is 0. The molecule has 2 heteroatoms. The van der Waals surface area contributed by atoms with Gasteiger partial charge in [0.15, 0.2) is 0 Å². The van der Waals surface area contributed by atoms with Crippen LogP contribution in [0.2, 0.25) is 0 Å². The quantitative estimate of drug-likeness (QED) is 0.798. The highest BCUT2D eigenvalue weighted by atomic mass is 15.2. The summed E-state index contributed by atoms with van der Waals surface area (Å²) in [6.07, 6.45) is 10.5. The van der Waals surface area contributed by atoms with Crippen LogP contribution in [0.3, 0.4) is 0 Å². The lowest BCUT2D eigenvalue weighted by Gasteiger charge is -2.38. The van der Waals surface area contributed by atoms with Gasteiger partial charge in [0, 0.05) is 18.1 Å². The summed E-state index contributed by atoms with van der Waals surface area (Å²) in [4.78, 5) is 2.57. The van der Waals surface area contributed by atoms with Crippen LogP contribution in [0, 0.1) is 0 Å². The van der Waals surface area contributed by atoms with E-state index in [-0.39, 0.29) is 0 Å². The second kappa shape index (κ2) is 7.29. The molecule has 2 unspecified atom stereocenters. The third-order valence-electron chi connectivity index (χ3n) is 4.32. The molecule has 0 saturated heterocycles. The van der Waals surface area contributed by atoms with Gasteiger partial charge in [0.1, 0.15) is 0 Å². The minimum Gasteiger partial charge on any atom is -0.326 e. The van der Waals surface area contributed by atoms with Gasteiger partial charge in [-0.05, 0) is 32.7 Å². The molecular formula is C14H30N2. The summed E-state index contributed by atoms with van der Waals surface area (Å²) in [5.74, 6) is 0. The Morgan fingerprint density at radius 2 is 1.62 bits per heavy atom. The van der Waals surface area contributed by atoms with E-state index < -0.39 is 0 Å². The van der Waals surface area contributed by atoms with E-state index in [9.17, 15) is 0 Å². The summed E-state index contributed by atoms with van der Waals surface area (Å²) in [6, 6.07) is 1.73. The zero-order chi connectivity index (χ0) is 12.0. The molecule has 2 N–H and O–H groups in total. The van der Waals surface area contributed by atoms with Crippen molar-refractivity contribution in [3.8, 4) is 0 Å². The molecular weight excluding hydrogens is 196 g/mol. The van der Waals surface area contributed by atoms with Crippen molar-refractivity contribution in [2.24, 2.45) is 5.73 Å². The number of rotatable bonds is 4. The van der Waals surface area contributed by atoms with Crippen LogP contribution in [0.15, 0.2) is 0 Å². The molecule has 16 heavy (non-hydrogen) atoms. The van der Waals surface area contributed by atoms with Gasteiger partial charge in [-0.25, -0.2) is 0 Å². The number of likely N-dealkylation sites (N-methyl/N-ethyl adjacent to an activating group) is 1. The van der Waals surface area contributed by atoms with Crippen molar-refractivity contribution in [3.63, 3.8) is 0 Å².